The molecule has 3 aromatic carbocycles. The lowest BCUT2D eigenvalue weighted by Crippen LogP contribution is -2.10. The van der Waals surface area contributed by atoms with Crippen LogP contribution in [-0.2, 0) is 9.53 Å². The van der Waals surface area contributed by atoms with E-state index in [2.05, 4.69) is 6.58 Å². The highest BCUT2D eigenvalue weighted by atomic mass is 16.5. The van der Waals surface area contributed by atoms with Crippen molar-refractivity contribution in [3.05, 3.63) is 102 Å². The standard InChI is InChI=1S/C33H34O7/c1-2-31(34)38-23-7-6-22-37-28-16-14-27(15-17-28)33(36)40-30-20-18-29(19-21-30)39-32(35)26-12-10-25(11-13-26)24-8-4-3-5-9-24/h2,10-21,24H,1,3-9,22-23H2. The molecule has 7 heteroatoms. The maximum Gasteiger partial charge on any atom is 0.343 e. The predicted octanol–water partition coefficient (Wildman–Crippen LogP) is 7.06. The first-order valence-electron chi connectivity index (χ1n) is 13.7. The number of esters is 3. The Hall–Kier alpha value is -4.39. The van der Waals surface area contributed by atoms with Gasteiger partial charge in [0.15, 0.2) is 0 Å². The zero-order valence-electron chi connectivity index (χ0n) is 22.5. The van der Waals surface area contributed by atoms with Gasteiger partial charge in [0, 0.05) is 6.08 Å². The van der Waals surface area contributed by atoms with Crippen molar-refractivity contribution in [2.24, 2.45) is 0 Å². The number of unbranched alkanes of at least 4 members (excludes halogenated alkanes) is 1. The molecule has 7 nitrogen and oxygen atoms in total. The smallest absolute Gasteiger partial charge is 0.343 e. The summed E-state index contributed by atoms with van der Waals surface area (Å²) in [6.45, 7) is 4.12. The summed E-state index contributed by atoms with van der Waals surface area (Å²) in [7, 11) is 0. The molecule has 1 saturated carbocycles. The van der Waals surface area contributed by atoms with Gasteiger partial charge in [-0.15, -0.1) is 0 Å². The van der Waals surface area contributed by atoms with Gasteiger partial charge < -0.3 is 18.9 Å². The highest BCUT2D eigenvalue weighted by molar-refractivity contribution is 5.92. The van der Waals surface area contributed by atoms with Crippen molar-refractivity contribution in [1.29, 1.82) is 0 Å². The molecule has 0 aromatic heterocycles. The van der Waals surface area contributed by atoms with Gasteiger partial charge in [0.25, 0.3) is 0 Å². The molecule has 0 N–H and O–H groups in total. The Morgan fingerprint density at radius 2 is 1.18 bits per heavy atom. The Labute approximate surface area is 234 Å². The van der Waals surface area contributed by atoms with Crippen LogP contribution in [0.2, 0.25) is 0 Å². The van der Waals surface area contributed by atoms with Gasteiger partial charge in [-0.2, -0.15) is 0 Å². The fraction of sp³-hybridized carbons (Fsp3) is 0.303. The van der Waals surface area contributed by atoms with E-state index >= 15 is 0 Å². The molecule has 0 spiro atoms. The highest BCUT2D eigenvalue weighted by Crippen LogP contribution is 2.32. The van der Waals surface area contributed by atoms with Gasteiger partial charge in [0.1, 0.15) is 17.2 Å². The molecule has 1 aliphatic carbocycles. The van der Waals surface area contributed by atoms with Gasteiger partial charge in [0.2, 0.25) is 0 Å². The predicted molar refractivity (Wildman–Crippen MR) is 151 cm³/mol. The van der Waals surface area contributed by atoms with E-state index in [4.69, 9.17) is 18.9 Å². The summed E-state index contributed by atoms with van der Waals surface area (Å²) in [5.41, 5.74) is 2.15. The van der Waals surface area contributed by atoms with Crippen LogP contribution in [0.4, 0.5) is 0 Å². The molecule has 4 rings (SSSR count). The molecule has 0 heterocycles. The first-order chi connectivity index (χ1) is 19.5. The van der Waals surface area contributed by atoms with Crippen LogP contribution in [0.3, 0.4) is 0 Å². The van der Waals surface area contributed by atoms with E-state index in [1.54, 1.807) is 48.5 Å². The van der Waals surface area contributed by atoms with Crippen LogP contribution >= 0.6 is 0 Å². The number of carbonyl (C=O) groups is 3. The molecule has 0 aliphatic heterocycles. The Balaban J connectivity index is 1.20. The van der Waals surface area contributed by atoms with Crippen molar-refractivity contribution in [3.8, 4) is 17.2 Å². The minimum Gasteiger partial charge on any atom is -0.494 e. The molecule has 0 bridgehead atoms. The minimum absolute atomic E-state index is 0.316. The number of hydrogen-bond donors (Lipinski definition) is 0. The van der Waals surface area contributed by atoms with Gasteiger partial charge in [-0.3, -0.25) is 0 Å². The average molecular weight is 543 g/mol. The van der Waals surface area contributed by atoms with Crippen LogP contribution in [0.25, 0.3) is 0 Å². The highest BCUT2D eigenvalue weighted by Gasteiger charge is 2.17. The van der Waals surface area contributed by atoms with Crippen molar-refractivity contribution >= 4 is 17.9 Å². The molecule has 1 aliphatic rings. The normalized spacial score (nSPS) is 13.2. The molecule has 0 radical (unpaired) electrons. The SMILES string of the molecule is C=CC(=O)OCCCCOc1ccc(C(=O)Oc2ccc(OC(=O)c3ccc(C4CCCCC4)cc3)cc2)cc1. The number of carbonyl (C=O) groups excluding carboxylic acids is 3. The summed E-state index contributed by atoms with van der Waals surface area (Å²) in [4.78, 5) is 36.1. The van der Waals surface area contributed by atoms with E-state index < -0.39 is 17.9 Å². The topological polar surface area (TPSA) is 88.1 Å². The first kappa shape index (κ1) is 28.6. The average Bonchev–Trinajstić information content (AvgIpc) is 3.00. The van der Waals surface area contributed by atoms with E-state index in [0.29, 0.717) is 60.3 Å². The molecule has 0 atom stereocenters. The van der Waals surface area contributed by atoms with Crippen molar-refractivity contribution in [3.63, 3.8) is 0 Å². The Bertz CT molecular complexity index is 1270. The second-order valence-electron chi connectivity index (χ2n) is 9.66. The third kappa shape index (κ3) is 8.56. The Morgan fingerprint density at radius 3 is 1.73 bits per heavy atom. The summed E-state index contributed by atoms with van der Waals surface area (Å²) in [5.74, 6) is 0.513. The Kier molecular flexibility index (Phi) is 10.5. The second-order valence-corrected chi connectivity index (χ2v) is 9.66. The summed E-state index contributed by atoms with van der Waals surface area (Å²) in [6, 6.07) is 20.7. The number of benzene rings is 3. The largest absolute Gasteiger partial charge is 0.494 e. The third-order valence-electron chi connectivity index (χ3n) is 6.78. The Morgan fingerprint density at radius 1 is 0.675 bits per heavy atom. The fourth-order valence-corrected chi connectivity index (χ4v) is 4.55. The monoisotopic (exact) mass is 542 g/mol. The molecule has 208 valence electrons. The zero-order valence-corrected chi connectivity index (χ0v) is 22.5. The van der Waals surface area contributed by atoms with E-state index in [0.717, 1.165) is 6.08 Å². The van der Waals surface area contributed by atoms with Crippen molar-refractivity contribution in [1.82, 2.24) is 0 Å². The van der Waals surface area contributed by atoms with Gasteiger partial charge in [0.05, 0.1) is 24.3 Å². The molecule has 0 unspecified atom stereocenters. The zero-order chi connectivity index (χ0) is 28.2. The van der Waals surface area contributed by atoms with Crippen LogP contribution in [0, 0.1) is 0 Å². The summed E-state index contributed by atoms with van der Waals surface area (Å²) in [5, 5.41) is 0. The lowest BCUT2D eigenvalue weighted by atomic mass is 9.84. The van der Waals surface area contributed by atoms with Gasteiger partial charge in [-0.1, -0.05) is 38.0 Å². The maximum atomic E-state index is 12.6. The minimum atomic E-state index is -0.515. The van der Waals surface area contributed by atoms with Crippen molar-refractivity contribution < 1.29 is 33.3 Å². The van der Waals surface area contributed by atoms with Crippen LogP contribution in [0.15, 0.2) is 85.5 Å². The molecule has 1 fully saturated rings. The van der Waals surface area contributed by atoms with Crippen molar-refractivity contribution in [2.45, 2.75) is 50.9 Å². The molecule has 0 saturated heterocycles. The van der Waals surface area contributed by atoms with Crippen LogP contribution < -0.4 is 14.2 Å². The van der Waals surface area contributed by atoms with Crippen LogP contribution in [0.1, 0.15) is 77.1 Å². The molecular weight excluding hydrogens is 508 g/mol. The van der Waals surface area contributed by atoms with E-state index in [1.807, 2.05) is 24.3 Å². The molecule has 3 aromatic rings. The second kappa shape index (κ2) is 14.7. The van der Waals surface area contributed by atoms with E-state index in [1.165, 1.54) is 37.7 Å². The lowest BCUT2D eigenvalue weighted by molar-refractivity contribution is -0.137. The summed E-state index contributed by atoms with van der Waals surface area (Å²) in [6.07, 6.45) is 8.78. The number of rotatable bonds is 12. The van der Waals surface area contributed by atoms with E-state index in [9.17, 15) is 14.4 Å². The lowest BCUT2D eigenvalue weighted by Gasteiger charge is -2.21. The van der Waals surface area contributed by atoms with Crippen molar-refractivity contribution in [2.75, 3.05) is 13.2 Å². The van der Waals surface area contributed by atoms with Gasteiger partial charge in [-0.25, -0.2) is 14.4 Å². The molecular formula is C33H34O7. The summed E-state index contributed by atoms with van der Waals surface area (Å²) >= 11 is 0. The fourth-order valence-electron chi connectivity index (χ4n) is 4.55. The van der Waals surface area contributed by atoms with Gasteiger partial charge in [-0.05, 0) is 97.8 Å². The number of hydrogen-bond acceptors (Lipinski definition) is 7. The summed E-state index contributed by atoms with van der Waals surface area (Å²) < 4.78 is 21.5. The molecule has 40 heavy (non-hydrogen) atoms. The maximum absolute atomic E-state index is 12.6. The van der Waals surface area contributed by atoms with Crippen LogP contribution in [-0.4, -0.2) is 31.1 Å². The quantitative estimate of drug-likeness (QED) is 0.105. The van der Waals surface area contributed by atoms with E-state index in [-0.39, 0.29) is 0 Å². The number of ether oxygens (including phenoxy) is 4. The molecule has 0 amide bonds. The van der Waals surface area contributed by atoms with Crippen LogP contribution in [0.5, 0.6) is 17.2 Å². The van der Waals surface area contributed by atoms with Gasteiger partial charge >= 0.3 is 17.9 Å². The third-order valence-corrected chi connectivity index (χ3v) is 6.78. The first-order valence-corrected chi connectivity index (χ1v) is 13.7.